The molecule has 0 spiro atoms. The lowest BCUT2D eigenvalue weighted by molar-refractivity contribution is -0.0614. The Morgan fingerprint density at radius 1 is 1.43 bits per heavy atom. The van der Waals surface area contributed by atoms with E-state index in [0.717, 1.165) is 6.26 Å². The molecule has 0 aliphatic heterocycles. The van der Waals surface area contributed by atoms with Crippen LogP contribution in [0.25, 0.3) is 0 Å². The van der Waals surface area contributed by atoms with Crippen LogP contribution in [0.2, 0.25) is 0 Å². The van der Waals surface area contributed by atoms with Crippen LogP contribution in [0.1, 0.15) is 20.8 Å². The molecule has 0 rings (SSSR count). The van der Waals surface area contributed by atoms with E-state index in [1.807, 2.05) is 0 Å². The van der Waals surface area contributed by atoms with Gasteiger partial charge in [-0.25, -0.2) is 18.4 Å². The Kier molecular flexibility index (Phi) is 6.45. The summed E-state index contributed by atoms with van der Waals surface area (Å²) in [5.74, 6) is 0. The molecule has 0 bridgehead atoms. The molecule has 0 radical (unpaired) electrons. The molecule has 0 saturated carbocycles. The molecule has 8 heteroatoms. The molecule has 0 unspecified atom stereocenters. The van der Waals surface area contributed by atoms with Gasteiger partial charge in [-0.05, 0) is 20.8 Å². The zero-order valence-electron chi connectivity index (χ0n) is 8.57. The summed E-state index contributed by atoms with van der Waals surface area (Å²) in [7, 11) is -3.17. The minimum absolute atomic E-state index is 0.460. The van der Waals surface area contributed by atoms with Gasteiger partial charge in [-0.15, -0.1) is 0 Å². The quantitative estimate of drug-likeness (QED) is 0.541. The van der Waals surface area contributed by atoms with Gasteiger partial charge in [0.2, 0.25) is 10.0 Å². The van der Waals surface area contributed by atoms with Crippen LogP contribution in [0.15, 0.2) is 0 Å². The molecule has 86 valence electrons. The number of amides is 1. The second-order valence-corrected chi connectivity index (χ2v) is 5.11. The van der Waals surface area contributed by atoms with Gasteiger partial charge in [-0.3, -0.25) is 4.84 Å². The molecule has 0 aromatic carbocycles. The van der Waals surface area contributed by atoms with Crippen molar-refractivity contribution < 1.29 is 23.2 Å². The molecule has 1 amide bonds. The van der Waals surface area contributed by atoms with Gasteiger partial charge >= 0.3 is 6.09 Å². The van der Waals surface area contributed by atoms with Gasteiger partial charge in [0.15, 0.2) is 0 Å². The number of sulfonamides is 1. The van der Waals surface area contributed by atoms with Crippen LogP contribution in [-0.2, 0) is 14.9 Å². The summed E-state index contributed by atoms with van der Waals surface area (Å²) in [4.78, 5) is 14.5. The number of hydroxylamine groups is 1. The van der Waals surface area contributed by atoms with Crippen molar-refractivity contribution in [1.29, 1.82) is 0 Å². The number of carbonyl (C=O) groups is 1. The number of rotatable bonds is 1. The van der Waals surface area contributed by atoms with Gasteiger partial charge in [0.1, 0.15) is 0 Å². The van der Waals surface area contributed by atoms with Gasteiger partial charge in [-0.2, -0.15) is 5.48 Å². The smallest absolute Gasteiger partial charge is 0.428 e. The maximum absolute atomic E-state index is 9.81. The van der Waals surface area contributed by atoms with Crippen molar-refractivity contribution in [2.75, 3.05) is 6.26 Å². The second-order valence-electron chi connectivity index (χ2n) is 3.45. The molecule has 0 aliphatic carbocycles. The number of nitrogens with one attached hydrogen (secondary N) is 1. The average Bonchev–Trinajstić information content (AvgIpc) is 1.77. The highest BCUT2D eigenvalue weighted by Crippen LogP contribution is 2.02. The number of nitrogens with two attached hydrogens (primary N) is 1. The normalized spacial score (nSPS) is 11.2. The van der Waals surface area contributed by atoms with Crippen LogP contribution in [-0.4, -0.2) is 31.5 Å². The fourth-order valence-corrected chi connectivity index (χ4v) is 0.197. The minimum atomic E-state index is -3.17. The van der Waals surface area contributed by atoms with E-state index in [1.54, 1.807) is 26.3 Å². The van der Waals surface area contributed by atoms with Crippen molar-refractivity contribution in [2.45, 2.75) is 26.4 Å². The molecule has 0 fully saturated rings. The third kappa shape index (κ3) is 43.4. The molecular formula is C6H16N2O5S. The van der Waals surface area contributed by atoms with Crippen molar-refractivity contribution in [2.24, 2.45) is 5.14 Å². The highest BCUT2D eigenvalue weighted by molar-refractivity contribution is 7.88. The Labute approximate surface area is 83.2 Å². The van der Waals surface area contributed by atoms with E-state index < -0.39 is 21.7 Å². The van der Waals surface area contributed by atoms with Crippen molar-refractivity contribution in [3.63, 3.8) is 0 Å². The van der Waals surface area contributed by atoms with E-state index in [2.05, 4.69) is 9.98 Å². The first-order valence-corrected chi connectivity index (χ1v) is 5.52. The zero-order valence-corrected chi connectivity index (χ0v) is 9.38. The van der Waals surface area contributed by atoms with Gasteiger partial charge in [-0.1, -0.05) is 0 Å². The molecule has 14 heavy (non-hydrogen) atoms. The van der Waals surface area contributed by atoms with Crippen LogP contribution in [0, 0.1) is 0 Å². The molecule has 7 nitrogen and oxygen atoms in total. The summed E-state index contributed by atoms with van der Waals surface area (Å²) in [5.41, 5.74) is 1.34. The predicted octanol–water partition coefficient (Wildman–Crippen LogP) is -0.111. The summed E-state index contributed by atoms with van der Waals surface area (Å²) < 4.78 is 18.8. The van der Waals surface area contributed by atoms with Crippen molar-refractivity contribution in [1.82, 2.24) is 5.48 Å². The van der Waals surface area contributed by atoms with Crippen molar-refractivity contribution in [3.05, 3.63) is 0 Å². The molecule has 0 aliphatic rings. The van der Waals surface area contributed by atoms with Gasteiger partial charge in [0.05, 0.1) is 11.9 Å². The SMILES string of the molecule is CC(C)(C)ONC(=O)O.CS(N)(=O)=O. The van der Waals surface area contributed by atoms with Gasteiger partial charge in [0.25, 0.3) is 0 Å². The molecule has 0 aromatic heterocycles. The molecule has 0 saturated heterocycles. The first-order valence-electron chi connectivity index (χ1n) is 3.56. The average molecular weight is 228 g/mol. The summed E-state index contributed by atoms with van der Waals surface area (Å²) in [5, 5.41) is 12.4. The second kappa shape index (κ2) is 5.78. The first kappa shape index (κ1) is 15.6. The summed E-state index contributed by atoms with van der Waals surface area (Å²) in [6, 6.07) is 0. The van der Waals surface area contributed by atoms with E-state index in [-0.39, 0.29) is 0 Å². The Morgan fingerprint density at radius 2 is 1.71 bits per heavy atom. The van der Waals surface area contributed by atoms with Gasteiger partial charge < -0.3 is 5.11 Å². The lowest BCUT2D eigenvalue weighted by Crippen LogP contribution is -2.32. The van der Waals surface area contributed by atoms with Crippen LogP contribution in [0.4, 0.5) is 4.79 Å². The van der Waals surface area contributed by atoms with Crippen LogP contribution < -0.4 is 10.6 Å². The molecule has 0 aromatic rings. The number of hydrogen-bond acceptors (Lipinski definition) is 4. The van der Waals surface area contributed by atoms with Gasteiger partial charge in [0, 0.05) is 0 Å². The Bertz CT molecular complexity index is 258. The number of primary sulfonamides is 1. The maximum atomic E-state index is 9.81. The minimum Gasteiger partial charge on any atom is -0.464 e. The van der Waals surface area contributed by atoms with Crippen LogP contribution in [0.3, 0.4) is 0 Å². The highest BCUT2D eigenvalue weighted by atomic mass is 32.2. The zero-order chi connectivity index (χ0) is 12.0. The summed E-state index contributed by atoms with van der Waals surface area (Å²) in [6.45, 7) is 5.26. The molecular weight excluding hydrogens is 212 g/mol. The monoisotopic (exact) mass is 228 g/mol. The lowest BCUT2D eigenvalue weighted by atomic mass is 10.2. The predicted molar refractivity (Wildman–Crippen MR) is 51.0 cm³/mol. The molecule has 0 atom stereocenters. The van der Waals surface area contributed by atoms with E-state index in [1.165, 1.54) is 0 Å². The van der Waals surface area contributed by atoms with E-state index >= 15 is 0 Å². The van der Waals surface area contributed by atoms with Crippen LogP contribution in [0.5, 0.6) is 0 Å². The maximum Gasteiger partial charge on any atom is 0.428 e. The third-order valence-electron chi connectivity index (χ3n) is 0.445. The lowest BCUT2D eigenvalue weighted by Gasteiger charge is -2.16. The number of carboxylic acid groups (broad SMARTS) is 1. The van der Waals surface area contributed by atoms with Crippen molar-refractivity contribution in [3.8, 4) is 0 Å². The van der Waals surface area contributed by atoms with E-state index in [4.69, 9.17) is 5.11 Å². The molecule has 0 heterocycles. The fraction of sp³-hybridized carbons (Fsp3) is 0.833. The standard InChI is InChI=1S/C5H11NO3.CH5NO2S/c1-5(2,3)9-6-4(7)8;1-5(2,3)4/h6H,1-3H3,(H,7,8);1H3,(H2,2,3,4). The van der Waals surface area contributed by atoms with Crippen LogP contribution >= 0.6 is 0 Å². The Hall–Kier alpha value is -0.860. The Balaban J connectivity index is 0. The number of hydrogen-bond donors (Lipinski definition) is 3. The fourth-order valence-electron chi connectivity index (χ4n) is 0.197. The van der Waals surface area contributed by atoms with E-state index in [9.17, 15) is 13.2 Å². The largest absolute Gasteiger partial charge is 0.464 e. The summed E-state index contributed by atoms with van der Waals surface area (Å²) >= 11 is 0. The van der Waals surface area contributed by atoms with E-state index in [0.29, 0.717) is 0 Å². The Morgan fingerprint density at radius 3 is 1.79 bits per heavy atom. The summed E-state index contributed by atoms with van der Waals surface area (Å²) in [6.07, 6.45) is -0.238. The molecule has 4 N–H and O–H groups in total. The van der Waals surface area contributed by atoms with Crippen molar-refractivity contribution >= 4 is 16.1 Å². The first-order chi connectivity index (χ1) is 5.92. The topological polar surface area (TPSA) is 119 Å². The third-order valence-corrected chi connectivity index (χ3v) is 0.445. The highest BCUT2D eigenvalue weighted by Gasteiger charge is 2.11.